The van der Waals surface area contributed by atoms with Crippen LogP contribution in [-0.4, -0.2) is 48.1 Å². The first-order valence-corrected chi connectivity index (χ1v) is 13.1. The van der Waals surface area contributed by atoms with E-state index in [0.29, 0.717) is 35.4 Å². The second kappa shape index (κ2) is 10.2. The van der Waals surface area contributed by atoms with Gasteiger partial charge < -0.3 is 10.2 Å². The summed E-state index contributed by atoms with van der Waals surface area (Å²) < 4.78 is 43.3. The minimum atomic E-state index is -3.00. The maximum absolute atomic E-state index is 14.7. The zero-order chi connectivity index (χ0) is 29.0. The molecule has 41 heavy (non-hydrogen) atoms. The monoisotopic (exact) mass is 582 g/mol. The Labute approximate surface area is 236 Å². The zero-order valence-corrected chi connectivity index (χ0v) is 22.5. The standard InChI is InChI=1S/C27H22ClF3N8O2/c1-12-21(38-10-14-5-17(14)27(38)41)9-33-25(35-12)13(2)39-11-15(6-34-39)36-26(40)20-8-32-7-19(37-20)22-16(24(30)31)3-4-18(28)23(22)29/h3-4,6-9,11,13-14,17,24H,5,10H2,1-2H3,(H,36,40)/t13-,14-,17-/m1/s1. The van der Waals surface area contributed by atoms with Crippen LogP contribution in [0.4, 0.5) is 24.5 Å². The average molecular weight is 583 g/mol. The molecule has 3 atom stereocenters. The molecule has 0 unspecified atom stereocenters. The third-order valence-electron chi connectivity index (χ3n) is 7.30. The van der Waals surface area contributed by atoms with E-state index in [0.717, 1.165) is 30.9 Å². The molecular formula is C27H22ClF3N8O2. The number of rotatable bonds is 7. The summed E-state index contributed by atoms with van der Waals surface area (Å²) in [7, 11) is 0. The summed E-state index contributed by atoms with van der Waals surface area (Å²) in [5, 5.41) is 6.54. The third-order valence-corrected chi connectivity index (χ3v) is 7.59. The van der Waals surface area contributed by atoms with Gasteiger partial charge in [0.05, 0.1) is 52.6 Å². The maximum atomic E-state index is 14.7. The van der Waals surface area contributed by atoms with Gasteiger partial charge in [0.25, 0.3) is 12.3 Å². The highest BCUT2D eigenvalue weighted by molar-refractivity contribution is 6.31. The Morgan fingerprint density at radius 2 is 1.98 bits per heavy atom. The number of benzene rings is 1. The van der Waals surface area contributed by atoms with E-state index in [1.165, 1.54) is 6.20 Å². The van der Waals surface area contributed by atoms with E-state index in [1.54, 1.807) is 22.0 Å². The van der Waals surface area contributed by atoms with Crippen molar-refractivity contribution in [3.63, 3.8) is 0 Å². The number of nitrogens with one attached hydrogen (secondary N) is 1. The van der Waals surface area contributed by atoms with Gasteiger partial charge in [0.2, 0.25) is 5.91 Å². The van der Waals surface area contributed by atoms with Crippen LogP contribution in [0.25, 0.3) is 11.3 Å². The number of amides is 2. The van der Waals surface area contributed by atoms with Gasteiger partial charge in [-0.15, -0.1) is 0 Å². The Morgan fingerprint density at radius 1 is 1.17 bits per heavy atom. The number of hydrogen-bond acceptors (Lipinski definition) is 7. The lowest BCUT2D eigenvalue weighted by Gasteiger charge is -2.20. The third kappa shape index (κ3) is 4.90. The average Bonchev–Trinajstić information content (AvgIpc) is 3.45. The fraction of sp³-hybridized carbons (Fsp3) is 0.296. The first kappa shape index (κ1) is 26.8. The molecule has 10 nitrogen and oxygen atoms in total. The molecule has 1 saturated carbocycles. The lowest BCUT2D eigenvalue weighted by Crippen LogP contribution is -2.29. The lowest BCUT2D eigenvalue weighted by molar-refractivity contribution is -0.118. The first-order valence-electron chi connectivity index (χ1n) is 12.7. The highest BCUT2D eigenvalue weighted by Gasteiger charge is 2.52. The predicted octanol–water partition coefficient (Wildman–Crippen LogP) is 5.01. The van der Waals surface area contributed by atoms with E-state index in [2.05, 4.69) is 30.4 Å². The summed E-state index contributed by atoms with van der Waals surface area (Å²) >= 11 is 5.80. The van der Waals surface area contributed by atoms with Crippen LogP contribution in [0.5, 0.6) is 0 Å². The Bertz CT molecular complexity index is 1700. The molecule has 0 radical (unpaired) electrons. The molecule has 1 N–H and O–H groups in total. The molecule has 2 amide bonds. The summed E-state index contributed by atoms with van der Waals surface area (Å²) in [6.45, 7) is 4.35. The van der Waals surface area contributed by atoms with Crippen molar-refractivity contribution < 1.29 is 22.8 Å². The summed E-state index contributed by atoms with van der Waals surface area (Å²) in [4.78, 5) is 44.1. The number of fused-ring (bicyclic) bond motifs is 1. The minimum absolute atomic E-state index is 0.123. The fourth-order valence-corrected chi connectivity index (χ4v) is 5.13. The lowest BCUT2D eigenvalue weighted by atomic mass is 10.0. The van der Waals surface area contributed by atoms with Gasteiger partial charge in [-0.2, -0.15) is 5.10 Å². The van der Waals surface area contributed by atoms with E-state index in [1.807, 2.05) is 13.8 Å². The van der Waals surface area contributed by atoms with Gasteiger partial charge in [-0.05, 0) is 32.3 Å². The van der Waals surface area contributed by atoms with Gasteiger partial charge in [0.1, 0.15) is 11.7 Å². The number of halogens is 4. The van der Waals surface area contributed by atoms with Gasteiger partial charge in [0, 0.05) is 29.8 Å². The highest BCUT2D eigenvalue weighted by Crippen LogP contribution is 2.47. The summed E-state index contributed by atoms with van der Waals surface area (Å²) in [5.41, 5.74) is 0.0561. The van der Waals surface area contributed by atoms with Crippen molar-refractivity contribution in [1.82, 2.24) is 29.7 Å². The van der Waals surface area contributed by atoms with E-state index >= 15 is 0 Å². The molecule has 0 bridgehead atoms. The van der Waals surface area contributed by atoms with Crippen molar-refractivity contribution in [3.8, 4) is 11.3 Å². The Morgan fingerprint density at radius 3 is 2.68 bits per heavy atom. The van der Waals surface area contributed by atoms with Crippen molar-refractivity contribution >= 4 is 34.8 Å². The molecular weight excluding hydrogens is 561 g/mol. The van der Waals surface area contributed by atoms with Crippen molar-refractivity contribution in [2.45, 2.75) is 32.7 Å². The van der Waals surface area contributed by atoms with E-state index in [-0.39, 0.29) is 28.2 Å². The molecule has 2 fully saturated rings. The molecule has 210 valence electrons. The van der Waals surface area contributed by atoms with E-state index in [4.69, 9.17) is 11.6 Å². The van der Waals surface area contributed by atoms with E-state index in [9.17, 15) is 22.8 Å². The Balaban J connectivity index is 1.18. The second-order valence-electron chi connectivity index (χ2n) is 10.0. The normalized spacial score (nSPS) is 18.5. The summed E-state index contributed by atoms with van der Waals surface area (Å²) in [6.07, 6.45) is 4.79. The zero-order valence-electron chi connectivity index (χ0n) is 21.7. The van der Waals surface area contributed by atoms with Crippen LogP contribution in [0.2, 0.25) is 5.02 Å². The number of alkyl halides is 2. The first-order chi connectivity index (χ1) is 19.6. The van der Waals surface area contributed by atoms with Crippen LogP contribution in [0.1, 0.15) is 53.4 Å². The van der Waals surface area contributed by atoms with Gasteiger partial charge in [-0.1, -0.05) is 17.7 Å². The molecule has 1 aliphatic heterocycles. The topological polar surface area (TPSA) is 119 Å². The van der Waals surface area contributed by atoms with Crippen LogP contribution < -0.4 is 10.2 Å². The highest BCUT2D eigenvalue weighted by atomic mass is 35.5. The summed E-state index contributed by atoms with van der Waals surface area (Å²) in [6, 6.07) is 1.63. The maximum Gasteiger partial charge on any atom is 0.275 e. The van der Waals surface area contributed by atoms with Crippen LogP contribution in [0.15, 0.2) is 43.1 Å². The smallest absolute Gasteiger partial charge is 0.275 e. The molecule has 4 aromatic rings. The van der Waals surface area contributed by atoms with Crippen molar-refractivity contribution in [2.75, 3.05) is 16.8 Å². The van der Waals surface area contributed by atoms with Crippen LogP contribution >= 0.6 is 11.6 Å². The van der Waals surface area contributed by atoms with Gasteiger partial charge >= 0.3 is 0 Å². The second-order valence-corrected chi connectivity index (χ2v) is 10.4. The van der Waals surface area contributed by atoms with Gasteiger partial charge in [0.15, 0.2) is 11.6 Å². The number of nitrogens with zero attached hydrogens (tertiary/aromatic N) is 7. The number of carbonyl (C=O) groups is 2. The predicted molar refractivity (Wildman–Crippen MR) is 142 cm³/mol. The van der Waals surface area contributed by atoms with Crippen LogP contribution in [0.3, 0.4) is 0 Å². The Kier molecular flexibility index (Phi) is 6.68. The van der Waals surface area contributed by atoms with E-state index < -0.39 is 35.3 Å². The molecule has 1 aliphatic carbocycles. The number of aryl methyl sites for hydroxylation is 1. The SMILES string of the molecule is Cc1nc([C@@H](C)n2cc(NC(=O)c3cncc(-c4c(C(F)F)ccc(Cl)c4F)n3)cn2)ncc1N1C[C@H]2C[C@H]2C1=O. The van der Waals surface area contributed by atoms with Crippen molar-refractivity contribution in [1.29, 1.82) is 0 Å². The number of carbonyl (C=O) groups excluding carboxylic acids is 2. The molecule has 0 spiro atoms. The van der Waals surface area contributed by atoms with Crippen molar-refractivity contribution in [3.05, 3.63) is 76.7 Å². The van der Waals surface area contributed by atoms with Crippen molar-refractivity contribution in [2.24, 2.45) is 11.8 Å². The Hall–Kier alpha value is -4.39. The summed E-state index contributed by atoms with van der Waals surface area (Å²) in [5.74, 6) is -0.636. The molecule has 14 heteroatoms. The van der Waals surface area contributed by atoms with Crippen LogP contribution in [-0.2, 0) is 4.79 Å². The molecule has 2 aliphatic rings. The molecule has 1 saturated heterocycles. The molecule has 3 aromatic heterocycles. The molecule has 1 aromatic carbocycles. The quantitative estimate of drug-likeness (QED) is 0.325. The van der Waals surface area contributed by atoms with Gasteiger partial charge in [-0.25, -0.2) is 28.1 Å². The number of piperidine rings is 1. The van der Waals surface area contributed by atoms with Gasteiger partial charge in [-0.3, -0.25) is 19.3 Å². The number of hydrogen-bond donors (Lipinski definition) is 1. The molecule has 4 heterocycles. The molecule has 6 rings (SSSR count). The van der Waals surface area contributed by atoms with Crippen LogP contribution in [0, 0.1) is 24.6 Å². The number of aromatic nitrogens is 6. The largest absolute Gasteiger partial charge is 0.318 e. The minimum Gasteiger partial charge on any atom is -0.318 e. The fourth-order valence-electron chi connectivity index (χ4n) is 4.97. The number of anilines is 2.